The topological polar surface area (TPSA) is 75.7 Å². The second kappa shape index (κ2) is 8.98. The van der Waals surface area contributed by atoms with Crippen LogP contribution in [0.5, 0.6) is 5.75 Å². The highest BCUT2D eigenvalue weighted by atomic mass is 16.5. The SMILES string of the molecule is COc1ccc(C(C)=O)cc1CC(=O)N(C)CC(=O)Nc1ccc(C)cc1. The number of likely N-dealkylation sites (N-methyl/N-ethyl adjacent to an activating group) is 1. The molecule has 0 radical (unpaired) electrons. The Labute approximate surface area is 159 Å². The van der Waals surface area contributed by atoms with Crippen molar-refractivity contribution >= 4 is 23.3 Å². The van der Waals surface area contributed by atoms with E-state index in [0.29, 0.717) is 22.6 Å². The van der Waals surface area contributed by atoms with Crippen LogP contribution in [0, 0.1) is 6.92 Å². The van der Waals surface area contributed by atoms with Crippen LogP contribution < -0.4 is 10.1 Å². The van der Waals surface area contributed by atoms with Gasteiger partial charge in [-0.15, -0.1) is 0 Å². The Bertz CT molecular complexity index is 844. The standard InChI is InChI=1S/C21H24N2O4/c1-14-5-8-18(9-6-14)22-20(25)13-23(3)21(26)12-17-11-16(15(2)24)7-10-19(17)27-4/h5-11H,12-13H2,1-4H3,(H,22,25). The van der Waals surface area contributed by atoms with Gasteiger partial charge in [-0.25, -0.2) is 0 Å². The molecule has 0 spiro atoms. The molecule has 0 bridgehead atoms. The molecule has 0 fully saturated rings. The van der Waals surface area contributed by atoms with Gasteiger partial charge in [0, 0.05) is 23.9 Å². The smallest absolute Gasteiger partial charge is 0.243 e. The molecular weight excluding hydrogens is 344 g/mol. The third-order valence-electron chi connectivity index (χ3n) is 4.17. The number of Topliss-reactive ketones (excluding diaryl/α,β-unsaturated/α-hetero) is 1. The van der Waals surface area contributed by atoms with Crippen molar-refractivity contribution in [1.29, 1.82) is 0 Å². The average Bonchev–Trinajstić information content (AvgIpc) is 2.63. The van der Waals surface area contributed by atoms with Crippen molar-refractivity contribution in [3.8, 4) is 5.75 Å². The van der Waals surface area contributed by atoms with Crippen molar-refractivity contribution in [3.63, 3.8) is 0 Å². The number of hydrogen-bond acceptors (Lipinski definition) is 4. The van der Waals surface area contributed by atoms with Crippen molar-refractivity contribution in [1.82, 2.24) is 4.90 Å². The molecule has 0 aliphatic carbocycles. The number of methoxy groups -OCH3 is 1. The molecule has 2 amide bonds. The maximum atomic E-state index is 12.5. The van der Waals surface area contributed by atoms with Gasteiger partial charge in [-0.1, -0.05) is 17.7 Å². The van der Waals surface area contributed by atoms with Gasteiger partial charge < -0.3 is 15.0 Å². The molecule has 142 valence electrons. The number of carbonyl (C=O) groups excluding carboxylic acids is 3. The minimum Gasteiger partial charge on any atom is -0.496 e. The van der Waals surface area contributed by atoms with E-state index in [1.54, 1.807) is 25.2 Å². The number of amides is 2. The largest absolute Gasteiger partial charge is 0.496 e. The monoisotopic (exact) mass is 368 g/mol. The van der Waals surface area contributed by atoms with E-state index in [9.17, 15) is 14.4 Å². The molecule has 0 aromatic heterocycles. The van der Waals surface area contributed by atoms with E-state index in [4.69, 9.17) is 4.74 Å². The van der Waals surface area contributed by atoms with Gasteiger partial charge in [-0.05, 0) is 44.2 Å². The van der Waals surface area contributed by atoms with Crippen molar-refractivity contribution in [2.24, 2.45) is 0 Å². The first-order valence-corrected chi connectivity index (χ1v) is 8.58. The van der Waals surface area contributed by atoms with Crippen molar-refractivity contribution in [2.75, 3.05) is 26.0 Å². The molecule has 6 heteroatoms. The molecular formula is C21H24N2O4. The van der Waals surface area contributed by atoms with Gasteiger partial charge in [0.1, 0.15) is 5.75 Å². The predicted octanol–water partition coefficient (Wildman–Crippen LogP) is 2.85. The quantitative estimate of drug-likeness (QED) is 0.763. The Balaban J connectivity index is 2.00. The zero-order valence-corrected chi connectivity index (χ0v) is 16.0. The van der Waals surface area contributed by atoms with E-state index in [-0.39, 0.29) is 30.6 Å². The fourth-order valence-corrected chi connectivity index (χ4v) is 2.57. The number of ketones is 1. The second-order valence-electron chi connectivity index (χ2n) is 6.42. The van der Waals surface area contributed by atoms with Crippen LogP contribution >= 0.6 is 0 Å². The molecule has 2 rings (SSSR count). The van der Waals surface area contributed by atoms with E-state index < -0.39 is 0 Å². The van der Waals surface area contributed by atoms with E-state index >= 15 is 0 Å². The molecule has 0 saturated carbocycles. The summed E-state index contributed by atoms with van der Waals surface area (Å²) in [5.74, 6) is -0.0738. The Morgan fingerprint density at radius 2 is 1.74 bits per heavy atom. The molecule has 2 aromatic carbocycles. The molecule has 0 atom stereocenters. The zero-order chi connectivity index (χ0) is 20.0. The highest BCUT2D eigenvalue weighted by molar-refractivity contribution is 5.96. The lowest BCUT2D eigenvalue weighted by atomic mass is 10.0. The average molecular weight is 368 g/mol. The van der Waals surface area contributed by atoms with Crippen LogP contribution in [0.3, 0.4) is 0 Å². The summed E-state index contributed by atoms with van der Waals surface area (Å²) >= 11 is 0. The Hall–Kier alpha value is -3.15. The van der Waals surface area contributed by atoms with Gasteiger partial charge in [0.05, 0.1) is 20.1 Å². The molecule has 0 heterocycles. The molecule has 0 saturated heterocycles. The van der Waals surface area contributed by atoms with Gasteiger partial charge in [0.15, 0.2) is 5.78 Å². The number of hydrogen-bond donors (Lipinski definition) is 1. The summed E-state index contributed by atoms with van der Waals surface area (Å²) in [6.45, 7) is 3.36. The number of anilines is 1. The number of carbonyl (C=O) groups is 3. The first kappa shape index (κ1) is 20.2. The van der Waals surface area contributed by atoms with Crippen LogP contribution in [-0.4, -0.2) is 43.2 Å². The minimum atomic E-state index is -0.279. The molecule has 0 unspecified atom stereocenters. The van der Waals surface area contributed by atoms with Gasteiger partial charge in [0.25, 0.3) is 0 Å². The van der Waals surface area contributed by atoms with Crippen LogP contribution in [0.15, 0.2) is 42.5 Å². The first-order valence-electron chi connectivity index (χ1n) is 8.58. The summed E-state index contributed by atoms with van der Waals surface area (Å²) in [5.41, 5.74) is 2.91. The lowest BCUT2D eigenvalue weighted by molar-refractivity contribution is -0.132. The third kappa shape index (κ3) is 5.67. The van der Waals surface area contributed by atoms with E-state index in [1.165, 1.54) is 18.9 Å². The first-order chi connectivity index (χ1) is 12.8. The van der Waals surface area contributed by atoms with E-state index in [1.807, 2.05) is 31.2 Å². The highest BCUT2D eigenvalue weighted by Gasteiger charge is 2.17. The Kier molecular flexibility index (Phi) is 6.71. The van der Waals surface area contributed by atoms with Gasteiger partial charge in [-0.3, -0.25) is 14.4 Å². The zero-order valence-electron chi connectivity index (χ0n) is 16.0. The van der Waals surface area contributed by atoms with Crippen LogP contribution in [0.2, 0.25) is 0 Å². The van der Waals surface area contributed by atoms with Crippen molar-refractivity contribution < 1.29 is 19.1 Å². The lowest BCUT2D eigenvalue weighted by Gasteiger charge is -2.18. The fraction of sp³-hybridized carbons (Fsp3) is 0.286. The van der Waals surface area contributed by atoms with Gasteiger partial charge in [-0.2, -0.15) is 0 Å². The summed E-state index contributed by atoms with van der Waals surface area (Å²) in [7, 11) is 3.08. The third-order valence-corrected chi connectivity index (χ3v) is 4.17. The normalized spacial score (nSPS) is 10.2. The maximum absolute atomic E-state index is 12.5. The second-order valence-corrected chi connectivity index (χ2v) is 6.42. The summed E-state index contributed by atoms with van der Waals surface area (Å²) in [5, 5.41) is 2.76. The van der Waals surface area contributed by atoms with Crippen LogP contribution in [-0.2, 0) is 16.0 Å². The number of nitrogens with one attached hydrogen (secondary N) is 1. The number of aryl methyl sites for hydroxylation is 1. The Morgan fingerprint density at radius 1 is 1.07 bits per heavy atom. The number of rotatable bonds is 7. The van der Waals surface area contributed by atoms with Crippen molar-refractivity contribution in [3.05, 3.63) is 59.2 Å². The molecule has 1 N–H and O–H groups in total. The summed E-state index contributed by atoms with van der Waals surface area (Å²) in [6.07, 6.45) is 0.0403. The number of ether oxygens (including phenoxy) is 1. The lowest BCUT2D eigenvalue weighted by Crippen LogP contribution is -2.35. The Morgan fingerprint density at radius 3 is 2.33 bits per heavy atom. The highest BCUT2D eigenvalue weighted by Crippen LogP contribution is 2.21. The number of benzene rings is 2. The van der Waals surface area contributed by atoms with Crippen LogP contribution in [0.1, 0.15) is 28.4 Å². The predicted molar refractivity (Wildman–Crippen MR) is 104 cm³/mol. The van der Waals surface area contributed by atoms with E-state index in [2.05, 4.69) is 5.32 Å². The summed E-state index contributed by atoms with van der Waals surface area (Å²) < 4.78 is 5.27. The maximum Gasteiger partial charge on any atom is 0.243 e. The molecule has 0 aliphatic rings. The summed E-state index contributed by atoms with van der Waals surface area (Å²) in [6, 6.07) is 12.4. The molecule has 2 aromatic rings. The van der Waals surface area contributed by atoms with Gasteiger partial charge >= 0.3 is 0 Å². The summed E-state index contributed by atoms with van der Waals surface area (Å²) in [4.78, 5) is 37.6. The van der Waals surface area contributed by atoms with Gasteiger partial charge in [0.2, 0.25) is 11.8 Å². The fourth-order valence-electron chi connectivity index (χ4n) is 2.57. The van der Waals surface area contributed by atoms with Crippen molar-refractivity contribution in [2.45, 2.75) is 20.3 Å². The van der Waals surface area contributed by atoms with E-state index in [0.717, 1.165) is 5.56 Å². The number of nitrogens with zero attached hydrogens (tertiary/aromatic N) is 1. The molecule has 6 nitrogen and oxygen atoms in total. The minimum absolute atomic E-state index is 0.0403. The van der Waals surface area contributed by atoms with Crippen LogP contribution in [0.25, 0.3) is 0 Å². The molecule has 27 heavy (non-hydrogen) atoms. The van der Waals surface area contributed by atoms with Crippen LogP contribution in [0.4, 0.5) is 5.69 Å². The molecule has 0 aliphatic heterocycles.